The first-order valence-corrected chi connectivity index (χ1v) is 9.26. The maximum absolute atomic E-state index is 14.0. The molecule has 4 rings (SSSR count). The first kappa shape index (κ1) is 20.1. The number of alkyl halides is 3. The monoisotopic (exact) mass is 420 g/mol. The summed E-state index contributed by atoms with van der Waals surface area (Å²) in [6.07, 6.45) is -1.31. The molecule has 1 aliphatic rings. The van der Waals surface area contributed by atoms with Gasteiger partial charge in [-0.2, -0.15) is 13.2 Å². The summed E-state index contributed by atoms with van der Waals surface area (Å²) in [7, 11) is 0. The van der Waals surface area contributed by atoms with Gasteiger partial charge < -0.3 is 9.80 Å². The number of aromatic nitrogens is 2. The van der Waals surface area contributed by atoms with Gasteiger partial charge in [-0.3, -0.25) is 4.98 Å². The summed E-state index contributed by atoms with van der Waals surface area (Å²) in [5, 5.41) is 0. The highest BCUT2D eigenvalue weighted by Crippen LogP contribution is 2.31. The van der Waals surface area contributed by atoms with Gasteiger partial charge in [-0.05, 0) is 24.3 Å². The Morgan fingerprint density at radius 2 is 1.47 bits per heavy atom. The van der Waals surface area contributed by atoms with Crippen molar-refractivity contribution in [3.63, 3.8) is 0 Å². The van der Waals surface area contributed by atoms with Crippen LogP contribution < -0.4 is 9.80 Å². The fraction of sp³-hybridized carbons (Fsp3) is 0.238. The minimum Gasteiger partial charge on any atom is -0.366 e. The molecule has 1 aromatic heterocycles. The molecule has 0 spiro atoms. The minimum atomic E-state index is -4.39. The van der Waals surface area contributed by atoms with Crippen LogP contribution in [0.3, 0.4) is 0 Å². The molecule has 9 heteroatoms. The van der Waals surface area contributed by atoms with Gasteiger partial charge in [0.25, 0.3) is 0 Å². The maximum atomic E-state index is 14.0. The third kappa shape index (κ3) is 4.19. The van der Waals surface area contributed by atoms with Gasteiger partial charge in [0, 0.05) is 37.8 Å². The van der Waals surface area contributed by atoms with Crippen LogP contribution in [0.15, 0.2) is 54.9 Å². The van der Waals surface area contributed by atoms with Crippen molar-refractivity contribution < 1.29 is 22.0 Å². The third-order valence-electron chi connectivity index (χ3n) is 4.98. The molecule has 1 fully saturated rings. The number of hydrogen-bond donors (Lipinski definition) is 0. The van der Waals surface area contributed by atoms with Crippen molar-refractivity contribution in [1.29, 1.82) is 0 Å². The summed E-state index contributed by atoms with van der Waals surface area (Å²) in [6, 6.07) is 8.27. The smallest absolute Gasteiger partial charge is 0.366 e. The minimum absolute atomic E-state index is 0.348. The normalized spacial score (nSPS) is 14.8. The molecule has 1 saturated heterocycles. The zero-order valence-corrected chi connectivity index (χ0v) is 15.7. The van der Waals surface area contributed by atoms with Crippen LogP contribution in [-0.4, -0.2) is 36.1 Å². The average Bonchev–Trinajstić information content (AvgIpc) is 2.74. The van der Waals surface area contributed by atoms with E-state index in [9.17, 15) is 22.0 Å². The van der Waals surface area contributed by atoms with E-state index >= 15 is 0 Å². The highest BCUT2D eigenvalue weighted by Gasteiger charge is 2.30. The molecule has 156 valence electrons. The molecule has 2 heterocycles. The van der Waals surface area contributed by atoms with E-state index in [4.69, 9.17) is 0 Å². The summed E-state index contributed by atoms with van der Waals surface area (Å²) < 4.78 is 65.4. The Kier molecular flexibility index (Phi) is 5.27. The van der Waals surface area contributed by atoms with Crippen LogP contribution in [0, 0.1) is 11.6 Å². The fourth-order valence-corrected chi connectivity index (χ4v) is 3.39. The number of halogens is 5. The van der Waals surface area contributed by atoms with E-state index in [2.05, 4.69) is 9.97 Å². The van der Waals surface area contributed by atoms with Gasteiger partial charge in [-0.1, -0.05) is 12.1 Å². The molecule has 2 aromatic carbocycles. The van der Waals surface area contributed by atoms with Crippen molar-refractivity contribution in [2.75, 3.05) is 36.0 Å². The number of nitrogens with zero attached hydrogens (tertiary/aromatic N) is 4. The second kappa shape index (κ2) is 7.89. The molecular weight excluding hydrogens is 403 g/mol. The topological polar surface area (TPSA) is 32.3 Å². The van der Waals surface area contributed by atoms with E-state index in [0.29, 0.717) is 48.9 Å². The van der Waals surface area contributed by atoms with Crippen molar-refractivity contribution in [2.24, 2.45) is 0 Å². The first-order chi connectivity index (χ1) is 14.3. The lowest BCUT2D eigenvalue weighted by Crippen LogP contribution is -2.47. The second-order valence-electron chi connectivity index (χ2n) is 6.91. The highest BCUT2D eigenvalue weighted by atomic mass is 19.4. The number of benzene rings is 2. The van der Waals surface area contributed by atoms with Gasteiger partial charge in [0.1, 0.15) is 17.5 Å². The summed E-state index contributed by atoms with van der Waals surface area (Å²) in [5.41, 5.74) is 0.623. The van der Waals surface area contributed by atoms with Crippen LogP contribution in [0.1, 0.15) is 5.56 Å². The van der Waals surface area contributed by atoms with Crippen LogP contribution in [0.4, 0.5) is 33.5 Å². The Morgan fingerprint density at radius 3 is 2.10 bits per heavy atom. The van der Waals surface area contributed by atoms with E-state index in [1.807, 2.05) is 9.80 Å². The van der Waals surface area contributed by atoms with Gasteiger partial charge in [0.05, 0.1) is 29.3 Å². The lowest BCUT2D eigenvalue weighted by atomic mass is 10.1. The van der Waals surface area contributed by atoms with Gasteiger partial charge in [0.2, 0.25) is 0 Å². The predicted molar refractivity (Wildman–Crippen MR) is 103 cm³/mol. The Bertz CT molecular complexity index is 1030. The van der Waals surface area contributed by atoms with Crippen molar-refractivity contribution >= 4 is 11.5 Å². The van der Waals surface area contributed by atoms with E-state index in [1.54, 1.807) is 6.20 Å². The molecule has 0 N–H and O–H groups in total. The number of hydrogen-bond acceptors (Lipinski definition) is 4. The first-order valence-electron chi connectivity index (χ1n) is 9.26. The van der Waals surface area contributed by atoms with Gasteiger partial charge in [-0.15, -0.1) is 0 Å². The van der Waals surface area contributed by atoms with Gasteiger partial charge in [-0.25, -0.2) is 13.8 Å². The van der Waals surface area contributed by atoms with Crippen LogP contribution in [0.2, 0.25) is 0 Å². The Hall–Kier alpha value is -3.23. The average molecular weight is 420 g/mol. The molecule has 1 aliphatic heterocycles. The molecule has 4 nitrogen and oxygen atoms in total. The van der Waals surface area contributed by atoms with Gasteiger partial charge in [0.15, 0.2) is 0 Å². The summed E-state index contributed by atoms with van der Waals surface area (Å²) >= 11 is 0. The second-order valence-corrected chi connectivity index (χ2v) is 6.91. The van der Waals surface area contributed by atoms with E-state index in [0.717, 1.165) is 18.2 Å². The lowest BCUT2D eigenvalue weighted by Gasteiger charge is -2.36. The largest absolute Gasteiger partial charge is 0.416 e. The zero-order chi connectivity index (χ0) is 21.3. The van der Waals surface area contributed by atoms with E-state index < -0.39 is 23.4 Å². The van der Waals surface area contributed by atoms with Crippen LogP contribution >= 0.6 is 0 Å². The molecule has 0 radical (unpaired) electrons. The molecule has 30 heavy (non-hydrogen) atoms. The molecule has 0 bridgehead atoms. The summed E-state index contributed by atoms with van der Waals surface area (Å²) in [4.78, 5) is 12.5. The highest BCUT2D eigenvalue weighted by molar-refractivity contribution is 5.61. The number of rotatable bonds is 3. The maximum Gasteiger partial charge on any atom is 0.416 e. The molecule has 3 aromatic rings. The molecule has 0 atom stereocenters. The molecule has 0 amide bonds. The quantitative estimate of drug-likeness (QED) is 0.572. The van der Waals surface area contributed by atoms with Gasteiger partial charge >= 0.3 is 6.18 Å². The third-order valence-corrected chi connectivity index (χ3v) is 4.98. The Labute approximate surface area is 169 Å². The van der Waals surface area contributed by atoms with Crippen LogP contribution in [0.5, 0.6) is 0 Å². The molecule has 0 saturated carbocycles. The lowest BCUT2D eigenvalue weighted by molar-refractivity contribution is -0.137. The predicted octanol–water partition coefficient (Wildman–Crippen LogP) is 4.77. The van der Waals surface area contributed by atoms with Crippen molar-refractivity contribution in [2.45, 2.75) is 6.18 Å². The summed E-state index contributed by atoms with van der Waals surface area (Å²) in [6.45, 7) is 2.10. The summed E-state index contributed by atoms with van der Waals surface area (Å²) in [5.74, 6) is -0.635. The SMILES string of the molecule is Fc1ccc(N2CCN(c3cncc(-c4ccc(C(F)(F)F)cc4)n3)CC2)c(F)c1. The fourth-order valence-electron chi connectivity index (χ4n) is 3.39. The van der Waals surface area contributed by atoms with E-state index in [-0.39, 0.29) is 0 Å². The molecular formula is C21H17F5N4. The van der Waals surface area contributed by atoms with Crippen molar-refractivity contribution in [3.8, 4) is 11.3 Å². The van der Waals surface area contributed by atoms with Crippen LogP contribution in [-0.2, 0) is 6.18 Å². The number of piperazine rings is 1. The van der Waals surface area contributed by atoms with Crippen LogP contribution in [0.25, 0.3) is 11.3 Å². The number of anilines is 2. The van der Waals surface area contributed by atoms with Crippen molar-refractivity contribution in [1.82, 2.24) is 9.97 Å². The molecule has 0 unspecified atom stereocenters. The standard InChI is InChI=1S/C21H17F5N4/c22-16-5-6-19(17(23)11-16)29-7-9-30(10-8-29)20-13-27-12-18(28-20)14-1-3-15(4-2-14)21(24,25)26/h1-6,11-13H,7-10H2. The van der Waals surface area contributed by atoms with Crippen molar-refractivity contribution in [3.05, 3.63) is 72.1 Å². The zero-order valence-electron chi connectivity index (χ0n) is 15.7. The Morgan fingerprint density at radius 1 is 0.800 bits per heavy atom. The molecule has 0 aliphatic carbocycles. The van der Waals surface area contributed by atoms with E-state index in [1.165, 1.54) is 30.5 Å². The Balaban J connectivity index is 1.47.